The highest BCUT2D eigenvalue weighted by Gasteiger charge is 2.30. The maximum absolute atomic E-state index is 12.3. The van der Waals surface area contributed by atoms with Gasteiger partial charge in [-0.3, -0.25) is 14.7 Å². The van der Waals surface area contributed by atoms with E-state index in [0.717, 1.165) is 42.1 Å². The summed E-state index contributed by atoms with van der Waals surface area (Å²) in [5.74, 6) is 0.715. The second-order valence-corrected chi connectivity index (χ2v) is 7.92. The van der Waals surface area contributed by atoms with Gasteiger partial charge in [0.1, 0.15) is 5.82 Å². The molecule has 2 aromatic heterocycles. The Morgan fingerprint density at radius 2 is 2.29 bits per heavy atom. The van der Waals surface area contributed by atoms with Crippen LogP contribution in [-0.2, 0) is 14.3 Å². The molecule has 4 heterocycles. The maximum Gasteiger partial charge on any atom is 0.241 e. The third-order valence-corrected chi connectivity index (χ3v) is 5.66. The first-order valence-corrected chi connectivity index (χ1v) is 10.6. The average Bonchev–Trinajstić information content (AvgIpc) is 3.46. The summed E-state index contributed by atoms with van der Waals surface area (Å²) in [5, 5.41) is 13.4. The van der Waals surface area contributed by atoms with Crippen LogP contribution in [0.15, 0.2) is 36.2 Å². The zero-order chi connectivity index (χ0) is 21.6. The summed E-state index contributed by atoms with van der Waals surface area (Å²) < 4.78 is 5.49. The molecular formula is C22H28N6O3. The summed E-state index contributed by atoms with van der Waals surface area (Å²) in [7, 11) is 0. The molecule has 0 saturated carbocycles. The number of aromatic amines is 1. The van der Waals surface area contributed by atoms with Crippen molar-refractivity contribution in [2.75, 3.05) is 44.7 Å². The van der Waals surface area contributed by atoms with Crippen LogP contribution in [0, 0.1) is 0 Å². The first-order chi connectivity index (χ1) is 15.1. The second kappa shape index (κ2) is 9.74. The predicted octanol–water partition coefficient (Wildman–Crippen LogP) is 1.68. The SMILES string of the molecule is CC(=O)NCC(=O)N1CC[C@H](c2[nH]ncc2-c2ccnc(NCC3=CCCOC3)c2)C1. The number of carbonyl (C=O) groups is 2. The fraction of sp³-hybridized carbons (Fsp3) is 0.455. The van der Waals surface area contributed by atoms with Gasteiger partial charge in [0.05, 0.1) is 26.0 Å². The van der Waals surface area contributed by atoms with E-state index in [0.29, 0.717) is 26.2 Å². The van der Waals surface area contributed by atoms with Gasteiger partial charge in [0.25, 0.3) is 0 Å². The molecule has 0 radical (unpaired) electrons. The molecule has 9 nitrogen and oxygen atoms in total. The van der Waals surface area contributed by atoms with Crippen molar-refractivity contribution >= 4 is 17.6 Å². The van der Waals surface area contributed by atoms with E-state index >= 15 is 0 Å². The highest BCUT2D eigenvalue weighted by molar-refractivity contribution is 5.84. The molecule has 1 saturated heterocycles. The number of pyridine rings is 1. The van der Waals surface area contributed by atoms with Crippen molar-refractivity contribution in [2.24, 2.45) is 0 Å². The largest absolute Gasteiger partial charge is 0.377 e. The molecule has 9 heteroatoms. The molecule has 164 valence electrons. The van der Waals surface area contributed by atoms with E-state index in [1.165, 1.54) is 12.5 Å². The Kier molecular flexibility index (Phi) is 6.61. The highest BCUT2D eigenvalue weighted by Crippen LogP contribution is 2.33. The van der Waals surface area contributed by atoms with Crippen LogP contribution in [0.3, 0.4) is 0 Å². The van der Waals surface area contributed by atoms with E-state index in [9.17, 15) is 9.59 Å². The number of anilines is 1. The van der Waals surface area contributed by atoms with Gasteiger partial charge in [0.2, 0.25) is 11.8 Å². The lowest BCUT2D eigenvalue weighted by atomic mass is 9.97. The molecule has 2 aliphatic rings. The Balaban J connectivity index is 1.42. The van der Waals surface area contributed by atoms with Crippen LogP contribution >= 0.6 is 0 Å². The minimum Gasteiger partial charge on any atom is -0.377 e. The number of aromatic nitrogens is 3. The monoisotopic (exact) mass is 424 g/mol. The molecule has 1 fully saturated rings. The number of H-pyrrole nitrogens is 1. The fourth-order valence-electron chi connectivity index (χ4n) is 4.00. The summed E-state index contributed by atoms with van der Waals surface area (Å²) in [6, 6.07) is 3.99. The van der Waals surface area contributed by atoms with E-state index in [1.54, 1.807) is 11.1 Å². The molecule has 1 atom stereocenters. The van der Waals surface area contributed by atoms with Gasteiger partial charge < -0.3 is 20.3 Å². The molecule has 0 aliphatic carbocycles. The lowest BCUT2D eigenvalue weighted by molar-refractivity contribution is -0.131. The smallest absolute Gasteiger partial charge is 0.241 e. The molecule has 2 aromatic rings. The van der Waals surface area contributed by atoms with E-state index in [1.807, 2.05) is 18.3 Å². The highest BCUT2D eigenvalue weighted by atomic mass is 16.5. The van der Waals surface area contributed by atoms with Crippen molar-refractivity contribution in [2.45, 2.75) is 25.7 Å². The molecule has 0 bridgehead atoms. The Bertz CT molecular complexity index is 970. The van der Waals surface area contributed by atoms with Crippen LogP contribution in [0.2, 0.25) is 0 Å². The van der Waals surface area contributed by atoms with Crippen molar-refractivity contribution in [3.05, 3.63) is 41.9 Å². The maximum atomic E-state index is 12.3. The Labute approximate surface area is 181 Å². The van der Waals surface area contributed by atoms with Gasteiger partial charge >= 0.3 is 0 Å². The number of nitrogens with one attached hydrogen (secondary N) is 3. The number of carbonyl (C=O) groups excluding carboxylic acids is 2. The van der Waals surface area contributed by atoms with Crippen molar-refractivity contribution in [3.8, 4) is 11.1 Å². The minimum absolute atomic E-state index is 0.0404. The summed E-state index contributed by atoms with van der Waals surface area (Å²) in [6.07, 6.45) is 7.64. The number of rotatable bonds is 7. The molecule has 3 N–H and O–H groups in total. The first kappa shape index (κ1) is 21.0. The van der Waals surface area contributed by atoms with Crippen LogP contribution in [0.25, 0.3) is 11.1 Å². The molecule has 4 rings (SSSR count). The zero-order valence-electron chi connectivity index (χ0n) is 17.7. The van der Waals surface area contributed by atoms with Gasteiger partial charge in [0, 0.05) is 49.9 Å². The van der Waals surface area contributed by atoms with Crippen molar-refractivity contribution < 1.29 is 14.3 Å². The Hall–Kier alpha value is -3.20. The molecule has 0 unspecified atom stereocenters. The average molecular weight is 425 g/mol. The fourth-order valence-corrected chi connectivity index (χ4v) is 4.00. The van der Waals surface area contributed by atoms with Crippen molar-refractivity contribution in [1.29, 1.82) is 0 Å². The van der Waals surface area contributed by atoms with Crippen LogP contribution < -0.4 is 10.6 Å². The number of ether oxygens (including phenoxy) is 1. The van der Waals surface area contributed by atoms with Crippen LogP contribution in [-0.4, -0.2) is 71.3 Å². The Morgan fingerprint density at radius 3 is 3.10 bits per heavy atom. The number of amides is 2. The normalized spacial score (nSPS) is 18.5. The molecule has 0 aromatic carbocycles. The van der Waals surface area contributed by atoms with Gasteiger partial charge in [0.15, 0.2) is 0 Å². The first-order valence-electron chi connectivity index (χ1n) is 10.6. The second-order valence-electron chi connectivity index (χ2n) is 7.92. The third kappa shape index (κ3) is 5.29. The molecule has 0 spiro atoms. The van der Waals surface area contributed by atoms with E-state index < -0.39 is 0 Å². The standard InChI is InChI=1S/C22H28N6O3/c1-15(29)24-12-21(30)28-7-5-18(13-28)22-19(11-26-27-22)17-4-6-23-20(9-17)25-10-16-3-2-8-31-14-16/h3-4,6,9,11,18H,2,5,7-8,10,12-14H2,1H3,(H,23,25)(H,24,29)(H,26,27)/t18-/m0/s1. The van der Waals surface area contributed by atoms with E-state index in [4.69, 9.17) is 4.74 Å². The van der Waals surface area contributed by atoms with Gasteiger partial charge in [-0.2, -0.15) is 5.10 Å². The number of hydrogen-bond acceptors (Lipinski definition) is 6. The summed E-state index contributed by atoms with van der Waals surface area (Å²) in [5.41, 5.74) is 4.30. The quantitative estimate of drug-likeness (QED) is 0.583. The summed E-state index contributed by atoms with van der Waals surface area (Å²) in [6.45, 7) is 4.89. The molecule has 31 heavy (non-hydrogen) atoms. The lowest BCUT2D eigenvalue weighted by Gasteiger charge is -2.17. The van der Waals surface area contributed by atoms with Crippen molar-refractivity contribution in [1.82, 2.24) is 25.4 Å². The summed E-state index contributed by atoms with van der Waals surface area (Å²) >= 11 is 0. The van der Waals surface area contributed by atoms with Gasteiger partial charge in [-0.05, 0) is 36.1 Å². The number of hydrogen-bond donors (Lipinski definition) is 3. The van der Waals surface area contributed by atoms with Gasteiger partial charge in [-0.1, -0.05) is 6.08 Å². The summed E-state index contributed by atoms with van der Waals surface area (Å²) in [4.78, 5) is 29.6. The van der Waals surface area contributed by atoms with Crippen LogP contribution in [0.5, 0.6) is 0 Å². The lowest BCUT2D eigenvalue weighted by Crippen LogP contribution is -2.38. The zero-order valence-corrected chi connectivity index (χ0v) is 17.7. The predicted molar refractivity (Wildman–Crippen MR) is 116 cm³/mol. The van der Waals surface area contributed by atoms with Gasteiger partial charge in [-0.25, -0.2) is 4.98 Å². The van der Waals surface area contributed by atoms with E-state index in [-0.39, 0.29) is 24.3 Å². The molecule has 2 aliphatic heterocycles. The van der Waals surface area contributed by atoms with E-state index in [2.05, 4.69) is 31.9 Å². The number of nitrogens with zero attached hydrogens (tertiary/aromatic N) is 3. The Morgan fingerprint density at radius 1 is 1.39 bits per heavy atom. The third-order valence-electron chi connectivity index (χ3n) is 5.66. The number of likely N-dealkylation sites (tertiary alicyclic amines) is 1. The molecular weight excluding hydrogens is 396 g/mol. The van der Waals surface area contributed by atoms with Crippen molar-refractivity contribution in [3.63, 3.8) is 0 Å². The topological polar surface area (TPSA) is 112 Å². The van der Waals surface area contributed by atoms with Crippen LogP contribution in [0.1, 0.15) is 31.4 Å². The van der Waals surface area contributed by atoms with Crippen LogP contribution in [0.4, 0.5) is 5.82 Å². The minimum atomic E-state index is -0.200. The molecule has 2 amide bonds. The van der Waals surface area contributed by atoms with Gasteiger partial charge in [-0.15, -0.1) is 0 Å².